The number of aliphatic hydroxyl groups excluding tert-OH is 2. The summed E-state index contributed by atoms with van der Waals surface area (Å²) in [6.45, 7) is 1.47. The van der Waals surface area contributed by atoms with E-state index in [-0.39, 0.29) is 17.3 Å². The number of benzene rings is 2. The Kier molecular flexibility index (Phi) is 13.5. The molecule has 2 rings (SSSR count). The Labute approximate surface area is 218 Å². The molecular weight excluding hydrogens is 500 g/mol. The number of carbonyl (C=O) groups is 1. The first-order chi connectivity index (χ1) is 17.7. The van der Waals surface area contributed by atoms with E-state index < -0.39 is 28.6 Å². The fourth-order valence-corrected chi connectivity index (χ4v) is 4.74. The van der Waals surface area contributed by atoms with Crippen LogP contribution in [0.2, 0.25) is 0 Å². The lowest BCUT2D eigenvalue weighted by Crippen LogP contribution is -2.29. The van der Waals surface area contributed by atoms with E-state index >= 15 is 0 Å². The number of unbranched alkanes of at least 4 members (excludes halogenated alkanes) is 3. The molecule has 0 saturated heterocycles. The molecule has 37 heavy (non-hydrogen) atoms. The molecule has 0 unspecified atom stereocenters. The second-order valence-electron chi connectivity index (χ2n) is 8.76. The highest BCUT2D eigenvalue weighted by atomic mass is 32.2. The summed E-state index contributed by atoms with van der Waals surface area (Å²) < 4.78 is 32.0. The summed E-state index contributed by atoms with van der Waals surface area (Å²) in [7, 11) is -3.85. The predicted molar refractivity (Wildman–Crippen MR) is 139 cm³/mol. The van der Waals surface area contributed by atoms with Crippen molar-refractivity contribution in [1.29, 1.82) is 0 Å². The van der Waals surface area contributed by atoms with Gasteiger partial charge in [0.1, 0.15) is 12.3 Å². The van der Waals surface area contributed by atoms with Crippen molar-refractivity contribution >= 4 is 16.0 Å². The molecule has 6 N–H and O–H groups in total. The number of sulfonamides is 1. The molecule has 11 heteroatoms. The summed E-state index contributed by atoms with van der Waals surface area (Å²) >= 11 is 0. The van der Waals surface area contributed by atoms with Crippen molar-refractivity contribution < 1.29 is 38.4 Å². The summed E-state index contributed by atoms with van der Waals surface area (Å²) in [4.78, 5) is 10.6. The average Bonchev–Trinajstić information content (AvgIpc) is 2.88. The lowest BCUT2D eigenvalue weighted by molar-refractivity contribution is -0.135. The highest BCUT2D eigenvalue weighted by molar-refractivity contribution is 7.89. The molecule has 0 fully saturated rings. The Morgan fingerprint density at radius 2 is 1.76 bits per heavy atom. The van der Waals surface area contributed by atoms with Gasteiger partial charge in [0.05, 0.1) is 17.6 Å². The monoisotopic (exact) mass is 538 g/mol. The minimum absolute atomic E-state index is 0.0160. The summed E-state index contributed by atoms with van der Waals surface area (Å²) in [5.74, 6) is -1.23. The number of nitrogens with one attached hydrogen (secondary N) is 2. The molecule has 0 saturated carbocycles. The number of carboxylic acids is 1. The maximum Gasteiger partial charge on any atom is 0.318 e. The van der Waals surface area contributed by atoms with Crippen molar-refractivity contribution in [3.8, 4) is 5.75 Å². The summed E-state index contributed by atoms with van der Waals surface area (Å²) in [6, 6.07) is 11.2. The quantitative estimate of drug-likeness (QED) is 0.147. The number of hydrogen-bond donors (Lipinski definition) is 6. The van der Waals surface area contributed by atoms with Crippen LogP contribution in [0.1, 0.15) is 54.9 Å². The Bertz CT molecular complexity index is 1080. The Balaban J connectivity index is 1.50. The van der Waals surface area contributed by atoms with Crippen LogP contribution in [0.15, 0.2) is 47.4 Å². The molecule has 0 aliphatic carbocycles. The fraction of sp³-hybridized carbons (Fsp3) is 0.500. The number of aliphatic carboxylic acids is 1. The fourth-order valence-electron chi connectivity index (χ4n) is 3.69. The Morgan fingerprint density at radius 1 is 1.00 bits per heavy atom. The molecule has 10 nitrogen and oxygen atoms in total. The zero-order valence-electron chi connectivity index (χ0n) is 20.9. The van der Waals surface area contributed by atoms with Gasteiger partial charge in [0, 0.05) is 25.3 Å². The van der Waals surface area contributed by atoms with Crippen molar-refractivity contribution in [3.63, 3.8) is 0 Å². The first kappa shape index (κ1) is 30.7. The highest BCUT2D eigenvalue weighted by Crippen LogP contribution is 2.22. The number of ether oxygens (including phenoxy) is 1. The van der Waals surface area contributed by atoms with E-state index in [0.29, 0.717) is 37.3 Å². The second kappa shape index (κ2) is 16.3. The first-order valence-corrected chi connectivity index (χ1v) is 13.9. The van der Waals surface area contributed by atoms with Gasteiger partial charge in [-0.3, -0.25) is 4.79 Å². The molecule has 0 aliphatic rings. The minimum atomic E-state index is -3.85. The van der Waals surface area contributed by atoms with Gasteiger partial charge in [0.25, 0.3) is 0 Å². The van der Waals surface area contributed by atoms with Gasteiger partial charge >= 0.3 is 5.97 Å². The van der Waals surface area contributed by atoms with Gasteiger partial charge in [-0.05, 0) is 67.6 Å². The third-order valence-corrected chi connectivity index (χ3v) is 7.16. The van der Waals surface area contributed by atoms with Gasteiger partial charge in [-0.1, -0.05) is 31.0 Å². The van der Waals surface area contributed by atoms with Gasteiger partial charge < -0.3 is 30.5 Å². The Hall–Kier alpha value is -2.54. The van der Waals surface area contributed by atoms with E-state index in [2.05, 4.69) is 5.32 Å². The predicted octanol–water partition coefficient (Wildman–Crippen LogP) is 2.08. The molecule has 0 spiro atoms. The molecule has 0 radical (unpaired) electrons. The molecule has 0 heterocycles. The highest BCUT2D eigenvalue weighted by Gasteiger charge is 2.15. The van der Waals surface area contributed by atoms with Gasteiger partial charge in [0.2, 0.25) is 10.0 Å². The van der Waals surface area contributed by atoms with Crippen LogP contribution in [0.5, 0.6) is 5.75 Å². The van der Waals surface area contributed by atoms with Crippen molar-refractivity contribution in [2.24, 2.45) is 0 Å². The summed E-state index contributed by atoms with van der Waals surface area (Å²) in [5.41, 5.74) is 1.89. The largest absolute Gasteiger partial charge is 0.508 e. The molecule has 2 aromatic rings. The number of aliphatic hydroxyl groups is 2. The van der Waals surface area contributed by atoms with Gasteiger partial charge in [-0.15, -0.1) is 0 Å². The summed E-state index contributed by atoms with van der Waals surface area (Å²) in [5, 5.41) is 40.9. The SMILES string of the molecule is O=C(O)CNS(=O)(=O)c1cccc(CCCOCCCCCCNC[C@H](O)c2ccc(O)c(CO)c2)c1. The third-order valence-electron chi connectivity index (χ3n) is 5.76. The first-order valence-electron chi connectivity index (χ1n) is 12.4. The van der Waals surface area contributed by atoms with Crippen molar-refractivity contribution in [2.75, 3.05) is 32.8 Å². The van der Waals surface area contributed by atoms with Crippen LogP contribution in [-0.2, 0) is 32.6 Å². The zero-order valence-corrected chi connectivity index (χ0v) is 21.8. The standard InChI is InChI=1S/C26H38N2O8S/c29-19-22-16-21(10-11-24(22)30)25(31)17-27-12-3-1-2-4-13-36-14-6-8-20-7-5-9-23(15-20)37(34,35)28-18-26(32)33/h5,7,9-11,15-16,25,27-31H,1-4,6,8,12-14,17-19H2,(H,32,33)/t25-/m0/s1. The van der Waals surface area contributed by atoms with Crippen LogP contribution in [-0.4, -0.2) is 67.7 Å². The van der Waals surface area contributed by atoms with Gasteiger partial charge in [-0.25, -0.2) is 8.42 Å². The van der Waals surface area contributed by atoms with Gasteiger partial charge in [0.15, 0.2) is 0 Å². The van der Waals surface area contributed by atoms with Crippen molar-refractivity contribution in [1.82, 2.24) is 10.0 Å². The van der Waals surface area contributed by atoms with E-state index in [0.717, 1.165) is 44.2 Å². The zero-order chi connectivity index (χ0) is 27.1. The van der Waals surface area contributed by atoms with Crippen molar-refractivity contribution in [2.45, 2.75) is 56.1 Å². The molecule has 206 valence electrons. The van der Waals surface area contributed by atoms with Crippen LogP contribution in [0, 0.1) is 0 Å². The number of aryl methyl sites for hydroxylation is 1. The molecule has 0 aromatic heterocycles. The van der Waals surface area contributed by atoms with E-state index in [1.807, 2.05) is 10.8 Å². The third kappa shape index (κ3) is 11.6. The van der Waals surface area contributed by atoms with Crippen LogP contribution < -0.4 is 10.0 Å². The molecule has 0 amide bonds. The van der Waals surface area contributed by atoms with Crippen LogP contribution in [0.25, 0.3) is 0 Å². The Morgan fingerprint density at radius 3 is 2.51 bits per heavy atom. The van der Waals surface area contributed by atoms with Gasteiger partial charge in [-0.2, -0.15) is 4.72 Å². The number of rotatable bonds is 19. The second-order valence-corrected chi connectivity index (χ2v) is 10.5. The van der Waals surface area contributed by atoms with E-state index in [4.69, 9.17) is 9.84 Å². The van der Waals surface area contributed by atoms with Crippen molar-refractivity contribution in [3.05, 3.63) is 59.2 Å². The van der Waals surface area contributed by atoms with Crippen LogP contribution >= 0.6 is 0 Å². The lowest BCUT2D eigenvalue weighted by Gasteiger charge is -2.14. The molecule has 0 bridgehead atoms. The maximum absolute atomic E-state index is 12.1. The molecule has 1 atom stereocenters. The number of aromatic hydroxyl groups is 1. The van der Waals surface area contributed by atoms with E-state index in [1.165, 1.54) is 12.1 Å². The minimum Gasteiger partial charge on any atom is -0.508 e. The van der Waals surface area contributed by atoms with E-state index in [1.54, 1.807) is 24.3 Å². The van der Waals surface area contributed by atoms with E-state index in [9.17, 15) is 28.5 Å². The number of phenols is 1. The average molecular weight is 539 g/mol. The van der Waals surface area contributed by atoms with Crippen LogP contribution in [0.3, 0.4) is 0 Å². The smallest absolute Gasteiger partial charge is 0.318 e. The lowest BCUT2D eigenvalue weighted by atomic mass is 10.1. The van der Waals surface area contributed by atoms with Crippen LogP contribution in [0.4, 0.5) is 0 Å². The molecular formula is C26H38N2O8S. The number of hydrogen-bond acceptors (Lipinski definition) is 8. The maximum atomic E-state index is 12.1. The molecule has 0 aliphatic heterocycles. The summed E-state index contributed by atoms with van der Waals surface area (Å²) in [6.07, 6.45) is 4.70. The molecule has 2 aromatic carbocycles. The topological polar surface area (TPSA) is 165 Å². The normalized spacial score (nSPS) is 12.5. The number of carboxylic acid groups (broad SMARTS) is 1.